The molecule has 0 aliphatic carbocycles. The number of carbonyl (C=O) groups is 1. The molecule has 0 spiro atoms. The van der Waals surface area contributed by atoms with Crippen molar-refractivity contribution in [2.24, 2.45) is 5.92 Å². The Morgan fingerprint density at radius 2 is 2.00 bits per heavy atom. The van der Waals surface area contributed by atoms with Gasteiger partial charge in [0.15, 0.2) is 0 Å². The van der Waals surface area contributed by atoms with Gasteiger partial charge in [-0.05, 0) is 57.5 Å². The quantitative estimate of drug-likeness (QED) is 0.915. The molecule has 4 heteroatoms. The van der Waals surface area contributed by atoms with Gasteiger partial charge in [-0.2, -0.15) is 0 Å². The molecule has 1 fully saturated rings. The van der Waals surface area contributed by atoms with Crippen molar-refractivity contribution in [1.29, 1.82) is 0 Å². The minimum atomic E-state index is 0.0408. The van der Waals surface area contributed by atoms with Gasteiger partial charge in [-0.15, -0.1) is 0 Å². The van der Waals surface area contributed by atoms with Crippen LogP contribution >= 0.6 is 0 Å². The van der Waals surface area contributed by atoms with E-state index in [4.69, 9.17) is 0 Å². The molecule has 1 amide bonds. The van der Waals surface area contributed by atoms with Gasteiger partial charge >= 0.3 is 0 Å². The molecule has 1 saturated heterocycles. The molecule has 23 heavy (non-hydrogen) atoms. The van der Waals surface area contributed by atoms with E-state index in [1.165, 1.54) is 0 Å². The van der Waals surface area contributed by atoms with Crippen molar-refractivity contribution < 1.29 is 4.79 Å². The summed E-state index contributed by atoms with van der Waals surface area (Å²) in [6, 6.07) is 12.4. The second kappa shape index (κ2) is 6.59. The number of hydrogen-bond donors (Lipinski definition) is 2. The summed E-state index contributed by atoms with van der Waals surface area (Å²) in [5.74, 6) is 0.504. The Kier molecular flexibility index (Phi) is 4.53. The average Bonchev–Trinajstić information content (AvgIpc) is 2.85. The van der Waals surface area contributed by atoms with E-state index in [0.29, 0.717) is 5.92 Å². The molecule has 1 aromatic heterocycles. The van der Waals surface area contributed by atoms with Crippen LogP contribution in [0, 0.1) is 19.8 Å². The smallest absolute Gasteiger partial charge is 0.253 e. The van der Waals surface area contributed by atoms with Crippen LogP contribution in [0.5, 0.6) is 0 Å². The lowest BCUT2D eigenvalue weighted by molar-refractivity contribution is 0.0913. The van der Waals surface area contributed by atoms with Crippen molar-refractivity contribution in [2.75, 3.05) is 13.1 Å². The van der Waals surface area contributed by atoms with Gasteiger partial charge in [-0.3, -0.25) is 4.79 Å². The maximum absolute atomic E-state index is 12.7. The maximum Gasteiger partial charge on any atom is 0.253 e. The topological polar surface area (TPSA) is 46.1 Å². The number of rotatable bonds is 3. The third-order valence-corrected chi connectivity index (χ3v) is 4.79. The molecule has 4 nitrogen and oxygen atoms in total. The minimum absolute atomic E-state index is 0.0408. The highest BCUT2D eigenvalue weighted by Gasteiger charge is 2.25. The summed E-state index contributed by atoms with van der Waals surface area (Å²) in [7, 11) is 0. The van der Waals surface area contributed by atoms with Crippen LogP contribution in [-0.2, 0) is 0 Å². The molecule has 2 aromatic rings. The summed E-state index contributed by atoms with van der Waals surface area (Å²) >= 11 is 0. The van der Waals surface area contributed by atoms with Crippen LogP contribution < -0.4 is 10.6 Å². The lowest BCUT2D eigenvalue weighted by Crippen LogP contribution is -2.48. The number of carbonyl (C=O) groups excluding carboxylic acids is 1. The molecule has 1 aliphatic rings. The Balaban J connectivity index is 1.85. The number of benzene rings is 1. The van der Waals surface area contributed by atoms with E-state index in [2.05, 4.69) is 34.3 Å². The Labute approximate surface area is 137 Å². The lowest BCUT2D eigenvalue weighted by Gasteiger charge is -2.30. The molecule has 2 heterocycles. The van der Waals surface area contributed by atoms with E-state index in [1.807, 2.05) is 38.1 Å². The molecule has 1 aromatic carbocycles. The van der Waals surface area contributed by atoms with Gasteiger partial charge in [-0.25, -0.2) is 0 Å². The molecule has 0 saturated carbocycles. The van der Waals surface area contributed by atoms with Crippen LogP contribution in [0.2, 0.25) is 0 Å². The minimum Gasteiger partial charge on any atom is -0.349 e. The number of aromatic nitrogens is 1. The third kappa shape index (κ3) is 3.17. The Morgan fingerprint density at radius 3 is 2.70 bits per heavy atom. The summed E-state index contributed by atoms with van der Waals surface area (Å²) in [5, 5.41) is 6.59. The Hall–Kier alpha value is -2.07. The van der Waals surface area contributed by atoms with Crippen molar-refractivity contribution in [1.82, 2.24) is 15.2 Å². The first-order valence-corrected chi connectivity index (χ1v) is 8.34. The largest absolute Gasteiger partial charge is 0.349 e. The van der Waals surface area contributed by atoms with Crippen LogP contribution in [0.3, 0.4) is 0 Å². The Morgan fingerprint density at radius 1 is 1.26 bits per heavy atom. The van der Waals surface area contributed by atoms with E-state index in [-0.39, 0.29) is 11.9 Å². The van der Waals surface area contributed by atoms with Gasteiger partial charge in [0.1, 0.15) is 0 Å². The van der Waals surface area contributed by atoms with Gasteiger partial charge in [0.25, 0.3) is 5.91 Å². The Bertz CT molecular complexity index is 690. The standard InChI is InChI=1S/C19H25N3O/c1-13-12-20-10-9-18(13)21-19(23)17-11-14(2)22(15(17)3)16-7-5-4-6-8-16/h4-8,11,13,18,20H,9-10,12H2,1-3H3,(H,21,23). The fourth-order valence-corrected chi connectivity index (χ4v) is 3.44. The molecule has 122 valence electrons. The highest BCUT2D eigenvalue weighted by Crippen LogP contribution is 2.21. The van der Waals surface area contributed by atoms with E-state index in [9.17, 15) is 4.79 Å². The fraction of sp³-hybridized carbons (Fsp3) is 0.421. The molecule has 2 unspecified atom stereocenters. The maximum atomic E-state index is 12.7. The molecular weight excluding hydrogens is 286 g/mol. The summed E-state index contributed by atoms with van der Waals surface area (Å²) < 4.78 is 2.14. The molecule has 0 radical (unpaired) electrons. The first-order chi connectivity index (χ1) is 11.1. The monoisotopic (exact) mass is 311 g/mol. The summed E-state index contributed by atoms with van der Waals surface area (Å²) in [6.45, 7) is 8.18. The summed E-state index contributed by atoms with van der Waals surface area (Å²) in [5.41, 5.74) is 3.94. The predicted octanol–water partition coefficient (Wildman–Crippen LogP) is 2.82. The van der Waals surface area contributed by atoms with Gasteiger partial charge in [-0.1, -0.05) is 25.1 Å². The zero-order chi connectivity index (χ0) is 16.4. The molecule has 2 atom stereocenters. The molecule has 2 N–H and O–H groups in total. The zero-order valence-corrected chi connectivity index (χ0v) is 14.1. The van der Waals surface area contributed by atoms with Gasteiger partial charge < -0.3 is 15.2 Å². The van der Waals surface area contributed by atoms with Crippen LogP contribution in [0.4, 0.5) is 0 Å². The van der Waals surface area contributed by atoms with Crippen molar-refractivity contribution in [3.05, 3.63) is 53.3 Å². The van der Waals surface area contributed by atoms with Gasteiger partial charge in [0.2, 0.25) is 0 Å². The van der Waals surface area contributed by atoms with Gasteiger partial charge in [0.05, 0.1) is 5.56 Å². The van der Waals surface area contributed by atoms with Crippen LogP contribution in [0.25, 0.3) is 5.69 Å². The molecule has 0 bridgehead atoms. The van der Waals surface area contributed by atoms with Crippen LogP contribution in [0.15, 0.2) is 36.4 Å². The molecule has 3 rings (SSSR count). The van der Waals surface area contributed by atoms with Crippen molar-refractivity contribution >= 4 is 5.91 Å². The highest BCUT2D eigenvalue weighted by atomic mass is 16.1. The molecular formula is C19H25N3O. The number of amides is 1. The first-order valence-electron chi connectivity index (χ1n) is 8.34. The molecule has 1 aliphatic heterocycles. The van der Waals surface area contributed by atoms with Crippen LogP contribution in [-0.4, -0.2) is 29.6 Å². The van der Waals surface area contributed by atoms with Crippen molar-refractivity contribution in [3.8, 4) is 5.69 Å². The number of nitrogens with zero attached hydrogens (tertiary/aromatic N) is 1. The first kappa shape index (κ1) is 15.8. The number of aryl methyl sites for hydroxylation is 1. The number of hydrogen-bond acceptors (Lipinski definition) is 2. The van der Waals surface area contributed by atoms with E-state index >= 15 is 0 Å². The lowest BCUT2D eigenvalue weighted by atomic mass is 9.95. The normalized spacial score (nSPS) is 21.2. The number of piperidine rings is 1. The van der Waals surface area contributed by atoms with E-state index < -0.39 is 0 Å². The summed E-state index contributed by atoms with van der Waals surface area (Å²) in [6.07, 6.45) is 0.990. The second-order valence-corrected chi connectivity index (χ2v) is 6.51. The zero-order valence-electron chi connectivity index (χ0n) is 14.1. The fourth-order valence-electron chi connectivity index (χ4n) is 3.44. The van der Waals surface area contributed by atoms with Crippen molar-refractivity contribution in [2.45, 2.75) is 33.2 Å². The van der Waals surface area contributed by atoms with Gasteiger partial charge in [0, 0.05) is 23.1 Å². The second-order valence-electron chi connectivity index (χ2n) is 6.51. The van der Waals surface area contributed by atoms with E-state index in [0.717, 1.165) is 42.1 Å². The average molecular weight is 311 g/mol. The number of nitrogens with one attached hydrogen (secondary N) is 2. The predicted molar refractivity (Wildman–Crippen MR) is 93.1 cm³/mol. The third-order valence-electron chi connectivity index (χ3n) is 4.79. The summed E-state index contributed by atoms with van der Waals surface area (Å²) in [4.78, 5) is 12.7. The number of para-hydroxylation sites is 1. The SMILES string of the molecule is Cc1cc(C(=O)NC2CCNCC2C)c(C)n1-c1ccccc1. The van der Waals surface area contributed by atoms with Crippen LogP contribution in [0.1, 0.15) is 35.1 Å². The highest BCUT2D eigenvalue weighted by molar-refractivity contribution is 5.96. The van der Waals surface area contributed by atoms with Crippen molar-refractivity contribution in [3.63, 3.8) is 0 Å². The van der Waals surface area contributed by atoms with E-state index in [1.54, 1.807) is 0 Å².